The molecule has 1 N–H and O–H groups in total. The second kappa shape index (κ2) is 10.1. The minimum absolute atomic E-state index is 0.0376. The standard InChI is InChI=1S/C27H26N4O4S2/c1-4-31-21-15-14-18(16-23(21)36-22-13-9-8-12-20(22)27(31)32)25-28-26(35-29-25)24(17(2)3)30-37(33,34)19-10-6-5-7-11-19/h5-17,24,30H,4H2,1-3H3/t24-/m1/s1. The second-order valence-electron chi connectivity index (χ2n) is 8.94. The van der Waals surface area contributed by atoms with Crippen LogP contribution in [0.2, 0.25) is 0 Å². The number of rotatable bonds is 7. The van der Waals surface area contributed by atoms with Crippen LogP contribution < -0.4 is 9.62 Å². The number of anilines is 1. The van der Waals surface area contributed by atoms with E-state index in [1.165, 1.54) is 23.9 Å². The van der Waals surface area contributed by atoms with Crippen molar-refractivity contribution in [2.45, 2.75) is 41.5 Å². The summed E-state index contributed by atoms with van der Waals surface area (Å²) in [5.74, 6) is 0.345. The third kappa shape index (κ3) is 4.92. The van der Waals surface area contributed by atoms with E-state index in [2.05, 4.69) is 14.9 Å². The molecule has 0 unspecified atom stereocenters. The van der Waals surface area contributed by atoms with Crippen LogP contribution >= 0.6 is 11.8 Å². The molecule has 1 atom stereocenters. The number of sulfonamides is 1. The third-order valence-corrected chi connectivity index (χ3v) is 8.70. The maximum atomic E-state index is 13.2. The molecule has 5 rings (SSSR count). The van der Waals surface area contributed by atoms with Crippen molar-refractivity contribution >= 4 is 33.4 Å². The summed E-state index contributed by atoms with van der Waals surface area (Å²) in [6.45, 7) is 6.25. The van der Waals surface area contributed by atoms with Crippen LogP contribution in [0.1, 0.15) is 43.1 Å². The van der Waals surface area contributed by atoms with Gasteiger partial charge in [-0.1, -0.05) is 61.1 Å². The first-order chi connectivity index (χ1) is 17.8. The normalized spacial score (nSPS) is 14.3. The molecule has 0 radical (unpaired) electrons. The topological polar surface area (TPSA) is 105 Å². The molecule has 4 aromatic rings. The van der Waals surface area contributed by atoms with Crippen LogP contribution in [0.25, 0.3) is 11.4 Å². The number of hydrogen-bond donors (Lipinski definition) is 1. The lowest BCUT2D eigenvalue weighted by Gasteiger charge is -2.21. The molecular formula is C27H26N4O4S2. The number of hydrogen-bond acceptors (Lipinski definition) is 7. The van der Waals surface area contributed by atoms with Crippen LogP contribution in [0.3, 0.4) is 0 Å². The second-order valence-corrected chi connectivity index (χ2v) is 11.7. The average molecular weight is 535 g/mol. The molecule has 1 aliphatic rings. The molecule has 8 nitrogen and oxygen atoms in total. The summed E-state index contributed by atoms with van der Waals surface area (Å²) in [4.78, 5) is 21.4. The maximum Gasteiger partial charge on any atom is 0.259 e. The van der Waals surface area contributed by atoms with Crippen molar-refractivity contribution in [3.63, 3.8) is 0 Å². The van der Waals surface area contributed by atoms with Crippen LogP contribution in [0.15, 0.2) is 92.0 Å². The van der Waals surface area contributed by atoms with Gasteiger partial charge in [0.05, 0.1) is 16.1 Å². The predicted molar refractivity (Wildman–Crippen MR) is 142 cm³/mol. The predicted octanol–water partition coefficient (Wildman–Crippen LogP) is 5.54. The molecule has 2 heterocycles. The lowest BCUT2D eigenvalue weighted by atomic mass is 10.1. The minimum Gasteiger partial charge on any atom is -0.337 e. The fraction of sp³-hybridized carbons (Fsp3) is 0.222. The first-order valence-electron chi connectivity index (χ1n) is 11.9. The van der Waals surface area contributed by atoms with E-state index >= 15 is 0 Å². The highest BCUT2D eigenvalue weighted by molar-refractivity contribution is 7.99. The summed E-state index contributed by atoms with van der Waals surface area (Å²) in [6, 6.07) is 20.7. The van der Waals surface area contributed by atoms with E-state index in [-0.39, 0.29) is 22.6 Å². The summed E-state index contributed by atoms with van der Waals surface area (Å²) in [5, 5.41) is 4.15. The number of aromatic nitrogens is 2. The van der Waals surface area contributed by atoms with Gasteiger partial charge in [0.25, 0.3) is 5.91 Å². The fourth-order valence-corrected chi connectivity index (χ4v) is 6.64. The first kappa shape index (κ1) is 25.2. The Balaban J connectivity index is 1.48. The van der Waals surface area contributed by atoms with Gasteiger partial charge in [-0.05, 0) is 55.3 Å². The van der Waals surface area contributed by atoms with Crippen molar-refractivity contribution in [3.8, 4) is 11.4 Å². The van der Waals surface area contributed by atoms with Crippen LogP contribution in [0.4, 0.5) is 5.69 Å². The quantitative estimate of drug-likeness (QED) is 0.332. The first-order valence-corrected chi connectivity index (χ1v) is 14.2. The molecule has 1 amide bonds. The van der Waals surface area contributed by atoms with E-state index in [1.54, 1.807) is 23.1 Å². The molecule has 0 saturated heterocycles. The Bertz CT molecular complexity index is 1550. The monoisotopic (exact) mass is 534 g/mol. The number of nitrogens with one attached hydrogen (secondary N) is 1. The van der Waals surface area contributed by atoms with E-state index in [1.807, 2.05) is 63.2 Å². The zero-order valence-corrected chi connectivity index (χ0v) is 22.2. The van der Waals surface area contributed by atoms with Gasteiger partial charge in [-0.2, -0.15) is 9.71 Å². The summed E-state index contributed by atoms with van der Waals surface area (Å²) in [7, 11) is -3.79. The number of nitrogens with zero attached hydrogens (tertiary/aromatic N) is 3. The smallest absolute Gasteiger partial charge is 0.259 e. The molecule has 0 aliphatic carbocycles. The summed E-state index contributed by atoms with van der Waals surface area (Å²) >= 11 is 1.52. The number of fused-ring (bicyclic) bond motifs is 2. The molecule has 37 heavy (non-hydrogen) atoms. The van der Waals surface area contributed by atoms with E-state index in [0.29, 0.717) is 23.5 Å². The van der Waals surface area contributed by atoms with Crippen molar-refractivity contribution in [3.05, 3.63) is 84.3 Å². The lowest BCUT2D eigenvalue weighted by Crippen LogP contribution is -2.32. The molecule has 0 saturated carbocycles. The minimum atomic E-state index is -3.79. The molecule has 0 bridgehead atoms. The van der Waals surface area contributed by atoms with Crippen molar-refractivity contribution in [2.75, 3.05) is 11.4 Å². The summed E-state index contributed by atoms with van der Waals surface area (Å²) < 4.78 is 34.1. The van der Waals surface area contributed by atoms with Crippen LogP contribution in [0.5, 0.6) is 0 Å². The van der Waals surface area contributed by atoms with Gasteiger partial charge in [-0.15, -0.1) is 0 Å². The molecule has 1 aliphatic heterocycles. The van der Waals surface area contributed by atoms with Crippen LogP contribution in [-0.4, -0.2) is 31.0 Å². The third-order valence-electron chi connectivity index (χ3n) is 6.12. The summed E-state index contributed by atoms with van der Waals surface area (Å²) in [6.07, 6.45) is 0. The van der Waals surface area contributed by atoms with Gasteiger partial charge in [0.1, 0.15) is 6.04 Å². The van der Waals surface area contributed by atoms with Gasteiger partial charge >= 0.3 is 0 Å². The van der Waals surface area contributed by atoms with Gasteiger partial charge in [0, 0.05) is 21.9 Å². The van der Waals surface area contributed by atoms with E-state index in [0.717, 1.165) is 15.5 Å². The van der Waals surface area contributed by atoms with Gasteiger partial charge in [0.2, 0.25) is 21.7 Å². The number of carbonyl (C=O) groups is 1. The van der Waals surface area contributed by atoms with Gasteiger partial charge in [-0.25, -0.2) is 8.42 Å². The van der Waals surface area contributed by atoms with Gasteiger partial charge in [0.15, 0.2) is 0 Å². The van der Waals surface area contributed by atoms with Crippen molar-refractivity contribution < 1.29 is 17.7 Å². The van der Waals surface area contributed by atoms with Gasteiger partial charge in [-0.3, -0.25) is 4.79 Å². The van der Waals surface area contributed by atoms with E-state index < -0.39 is 16.1 Å². The lowest BCUT2D eigenvalue weighted by molar-refractivity contribution is 0.0985. The number of amides is 1. The fourth-order valence-electron chi connectivity index (χ4n) is 4.16. The highest BCUT2D eigenvalue weighted by Gasteiger charge is 2.30. The van der Waals surface area contributed by atoms with Crippen LogP contribution in [0, 0.1) is 5.92 Å². The SMILES string of the molecule is CCN1C(=O)c2ccccc2Sc2cc(-c3noc([C@H](NS(=O)(=O)c4ccccc4)C(C)C)n3)ccc21. The Morgan fingerprint density at radius 3 is 2.46 bits per heavy atom. The Hall–Kier alpha value is -3.47. The van der Waals surface area contributed by atoms with Crippen molar-refractivity contribution in [2.24, 2.45) is 5.92 Å². The van der Waals surface area contributed by atoms with Crippen molar-refractivity contribution in [1.29, 1.82) is 0 Å². The Morgan fingerprint density at radius 2 is 1.73 bits per heavy atom. The maximum absolute atomic E-state index is 13.2. The molecule has 3 aromatic carbocycles. The number of carbonyl (C=O) groups excluding carboxylic acids is 1. The molecule has 1 aromatic heterocycles. The molecule has 10 heteroatoms. The molecule has 190 valence electrons. The molecule has 0 fully saturated rings. The highest BCUT2D eigenvalue weighted by atomic mass is 32.2. The molecule has 0 spiro atoms. The van der Waals surface area contributed by atoms with E-state index in [9.17, 15) is 13.2 Å². The van der Waals surface area contributed by atoms with Gasteiger partial charge < -0.3 is 9.42 Å². The van der Waals surface area contributed by atoms with Crippen LogP contribution in [-0.2, 0) is 10.0 Å². The Kier molecular flexibility index (Phi) is 6.89. The zero-order valence-electron chi connectivity index (χ0n) is 20.6. The average Bonchev–Trinajstić information content (AvgIpc) is 3.35. The number of benzene rings is 3. The Morgan fingerprint density at radius 1 is 1.00 bits per heavy atom. The highest BCUT2D eigenvalue weighted by Crippen LogP contribution is 2.42. The van der Waals surface area contributed by atoms with Crippen molar-refractivity contribution in [1.82, 2.24) is 14.9 Å². The zero-order chi connectivity index (χ0) is 26.2. The largest absolute Gasteiger partial charge is 0.337 e. The Labute approximate surface area is 220 Å². The molecular weight excluding hydrogens is 508 g/mol. The summed E-state index contributed by atoms with van der Waals surface area (Å²) in [5.41, 5.74) is 2.19. The van der Waals surface area contributed by atoms with E-state index in [4.69, 9.17) is 4.52 Å².